The number of halogens is 2. The Bertz CT molecular complexity index is 298. The van der Waals surface area contributed by atoms with Gasteiger partial charge in [-0.25, -0.2) is 0 Å². The molecule has 0 aromatic heterocycles. The number of nitrogens with zero attached hydrogens (tertiary/aromatic N) is 1. The van der Waals surface area contributed by atoms with Crippen LogP contribution < -0.4 is 5.32 Å². The van der Waals surface area contributed by atoms with Crippen LogP contribution in [0.1, 0.15) is 5.56 Å². The van der Waals surface area contributed by atoms with Crippen molar-refractivity contribution in [3.63, 3.8) is 0 Å². The molecule has 3 nitrogen and oxygen atoms in total. The monoisotopic (exact) mass is 278 g/mol. The fraction of sp³-hybridized carbons (Fsp3) is 0.500. The van der Waals surface area contributed by atoms with E-state index in [4.69, 9.17) is 5.11 Å². The van der Waals surface area contributed by atoms with Crippen LogP contribution in [0.4, 0.5) is 0 Å². The molecular weight excluding hydrogens is 259 g/mol. The largest absolute Gasteiger partial charge is 0.395 e. The number of benzene rings is 1. The second-order valence-electron chi connectivity index (χ2n) is 4.05. The molecule has 0 saturated carbocycles. The Morgan fingerprint density at radius 1 is 1.24 bits per heavy atom. The molecule has 1 saturated heterocycles. The van der Waals surface area contributed by atoms with Crippen molar-refractivity contribution in [3.05, 3.63) is 35.9 Å². The van der Waals surface area contributed by atoms with Crippen molar-refractivity contribution < 1.29 is 5.11 Å². The first kappa shape index (κ1) is 16.7. The van der Waals surface area contributed by atoms with Crippen LogP contribution in [0.2, 0.25) is 0 Å². The number of piperazine rings is 1. The molecule has 0 aliphatic carbocycles. The molecular formula is C12H20Cl2N2O. The molecule has 1 fully saturated rings. The summed E-state index contributed by atoms with van der Waals surface area (Å²) in [6.45, 7) is 4.18. The molecule has 2 rings (SSSR count). The zero-order chi connectivity index (χ0) is 10.5. The molecule has 5 heteroatoms. The van der Waals surface area contributed by atoms with Gasteiger partial charge in [-0.3, -0.25) is 4.90 Å². The zero-order valence-electron chi connectivity index (χ0n) is 9.71. The van der Waals surface area contributed by atoms with E-state index in [9.17, 15) is 0 Å². The number of rotatable bonds is 3. The lowest BCUT2D eigenvalue weighted by atomic mass is 10.1. The minimum atomic E-state index is 0. The number of aliphatic hydroxyl groups excluding tert-OH is 1. The van der Waals surface area contributed by atoms with Crippen LogP contribution in [0.3, 0.4) is 0 Å². The smallest absolute Gasteiger partial charge is 0.0597 e. The topological polar surface area (TPSA) is 35.5 Å². The first-order chi connectivity index (χ1) is 7.38. The lowest BCUT2D eigenvalue weighted by molar-refractivity contribution is 0.143. The summed E-state index contributed by atoms with van der Waals surface area (Å²) in [7, 11) is 0. The van der Waals surface area contributed by atoms with E-state index in [-0.39, 0.29) is 37.5 Å². The average Bonchev–Trinajstić information content (AvgIpc) is 2.31. The molecule has 0 radical (unpaired) electrons. The van der Waals surface area contributed by atoms with Gasteiger partial charge in [0.15, 0.2) is 0 Å². The van der Waals surface area contributed by atoms with Crippen molar-refractivity contribution in [2.45, 2.75) is 12.6 Å². The van der Waals surface area contributed by atoms with Crippen LogP contribution in [0, 0.1) is 0 Å². The Balaban J connectivity index is 0.00000128. The Morgan fingerprint density at radius 3 is 2.59 bits per heavy atom. The summed E-state index contributed by atoms with van der Waals surface area (Å²) in [4.78, 5) is 2.38. The molecule has 1 aromatic rings. The van der Waals surface area contributed by atoms with Gasteiger partial charge >= 0.3 is 0 Å². The number of nitrogens with one attached hydrogen (secondary N) is 1. The molecule has 0 amide bonds. The third-order valence-corrected chi connectivity index (χ3v) is 2.81. The normalized spacial score (nSPS) is 20.2. The third-order valence-electron chi connectivity index (χ3n) is 2.81. The number of aliphatic hydroxyl groups is 1. The summed E-state index contributed by atoms with van der Waals surface area (Å²) < 4.78 is 0. The number of hydrogen-bond acceptors (Lipinski definition) is 3. The molecule has 0 spiro atoms. The quantitative estimate of drug-likeness (QED) is 0.875. The van der Waals surface area contributed by atoms with Crippen molar-refractivity contribution in [2.75, 3.05) is 26.2 Å². The van der Waals surface area contributed by atoms with E-state index < -0.39 is 0 Å². The van der Waals surface area contributed by atoms with Gasteiger partial charge in [0.25, 0.3) is 0 Å². The van der Waals surface area contributed by atoms with Gasteiger partial charge in [0.05, 0.1) is 6.61 Å². The molecule has 1 heterocycles. The summed E-state index contributed by atoms with van der Waals surface area (Å²) in [5, 5.41) is 12.4. The molecule has 1 aliphatic heterocycles. The van der Waals surface area contributed by atoms with E-state index in [1.165, 1.54) is 5.56 Å². The lowest BCUT2D eigenvalue weighted by Gasteiger charge is -2.32. The Morgan fingerprint density at radius 2 is 1.94 bits per heavy atom. The fourth-order valence-corrected chi connectivity index (χ4v) is 2.00. The minimum absolute atomic E-state index is 0. The Kier molecular flexibility index (Phi) is 8.56. The van der Waals surface area contributed by atoms with Gasteiger partial charge in [0, 0.05) is 32.2 Å². The van der Waals surface area contributed by atoms with Gasteiger partial charge in [-0.15, -0.1) is 24.8 Å². The van der Waals surface area contributed by atoms with Gasteiger partial charge in [-0.1, -0.05) is 30.3 Å². The highest BCUT2D eigenvalue weighted by atomic mass is 35.5. The van der Waals surface area contributed by atoms with E-state index in [1.54, 1.807) is 0 Å². The van der Waals surface area contributed by atoms with Gasteiger partial charge in [-0.2, -0.15) is 0 Å². The molecule has 0 bridgehead atoms. The highest BCUT2D eigenvalue weighted by molar-refractivity contribution is 5.85. The van der Waals surface area contributed by atoms with Crippen molar-refractivity contribution in [2.24, 2.45) is 0 Å². The van der Waals surface area contributed by atoms with Crippen LogP contribution in [-0.4, -0.2) is 42.3 Å². The maximum absolute atomic E-state index is 9.09. The predicted octanol–water partition coefficient (Wildman–Crippen LogP) is 1.30. The maximum Gasteiger partial charge on any atom is 0.0597 e. The molecule has 2 N–H and O–H groups in total. The molecule has 0 unspecified atom stereocenters. The van der Waals surface area contributed by atoms with Gasteiger partial charge < -0.3 is 10.4 Å². The van der Waals surface area contributed by atoms with Crippen LogP contribution in [0.5, 0.6) is 0 Å². The van der Waals surface area contributed by atoms with Crippen LogP contribution in [-0.2, 0) is 6.54 Å². The summed E-state index contributed by atoms with van der Waals surface area (Å²) in [5.74, 6) is 0. The first-order valence-corrected chi connectivity index (χ1v) is 5.49. The van der Waals surface area contributed by atoms with E-state index in [0.29, 0.717) is 0 Å². The minimum Gasteiger partial charge on any atom is -0.395 e. The second kappa shape index (κ2) is 8.72. The molecule has 98 valence electrons. The van der Waals surface area contributed by atoms with Crippen molar-refractivity contribution in [1.29, 1.82) is 0 Å². The zero-order valence-corrected chi connectivity index (χ0v) is 11.3. The average molecular weight is 279 g/mol. The highest BCUT2D eigenvalue weighted by Crippen LogP contribution is 2.06. The van der Waals surface area contributed by atoms with E-state index in [2.05, 4.69) is 34.5 Å². The SMILES string of the molecule is Cl.Cl.OC[C@@H]1CN(Cc2ccccc2)CCN1. The van der Waals surface area contributed by atoms with Crippen LogP contribution in [0.15, 0.2) is 30.3 Å². The van der Waals surface area contributed by atoms with E-state index >= 15 is 0 Å². The van der Waals surface area contributed by atoms with Gasteiger partial charge in [0.2, 0.25) is 0 Å². The lowest BCUT2D eigenvalue weighted by Crippen LogP contribution is -2.51. The van der Waals surface area contributed by atoms with Crippen molar-refractivity contribution in [3.8, 4) is 0 Å². The summed E-state index contributed by atoms with van der Waals surface area (Å²) >= 11 is 0. The molecule has 1 atom stereocenters. The van der Waals surface area contributed by atoms with E-state index in [1.807, 2.05) is 6.07 Å². The van der Waals surface area contributed by atoms with Gasteiger partial charge in [-0.05, 0) is 5.56 Å². The van der Waals surface area contributed by atoms with Crippen molar-refractivity contribution in [1.82, 2.24) is 10.2 Å². The Labute approximate surface area is 115 Å². The predicted molar refractivity (Wildman–Crippen MR) is 75.1 cm³/mol. The summed E-state index contributed by atoms with van der Waals surface area (Å²) in [5.41, 5.74) is 1.34. The summed E-state index contributed by atoms with van der Waals surface area (Å²) in [6.07, 6.45) is 0. The highest BCUT2D eigenvalue weighted by Gasteiger charge is 2.17. The first-order valence-electron chi connectivity index (χ1n) is 5.49. The standard InChI is InChI=1S/C12H18N2O.2ClH/c15-10-12-9-14(7-6-13-12)8-11-4-2-1-3-5-11;;/h1-5,12-13,15H,6-10H2;2*1H/t12-;;/m0../s1. The number of hydrogen-bond donors (Lipinski definition) is 2. The Hall–Kier alpha value is -0.320. The van der Waals surface area contributed by atoms with Crippen LogP contribution in [0.25, 0.3) is 0 Å². The molecule has 17 heavy (non-hydrogen) atoms. The van der Waals surface area contributed by atoms with Crippen molar-refractivity contribution >= 4 is 24.8 Å². The summed E-state index contributed by atoms with van der Waals surface area (Å²) in [6, 6.07) is 10.7. The maximum atomic E-state index is 9.09. The van der Waals surface area contributed by atoms with Crippen LogP contribution >= 0.6 is 24.8 Å². The van der Waals surface area contributed by atoms with E-state index in [0.717, 1.165) is 26.2 Å². The fourth-order valence-electron chi connectivity index (χ4n) is 2.00. The third kappa shape index (κ3) is 5.23. The molecule has 1 aromatic carbocycles. The van der Waals surface area contributed by atoms with Gasteiger partial charge in [0.1, 0.15) is 0 Å². The second-order valence-corrected chi connectivity index (χ2v) is 4.05. The molecule has 1 aliphatic rings.